The lowest BCUT2D eigenvalue weighted by Gasteiger charge is -2.01. The predicted molar refractivity (Wildman–Crippen MR) is 69.6 cm³/mol. The lowest BCUT2D eigenvalue weighted by atomic mass is 10.2. The maximum Gasteiger partial charge on any atom is 0.337 e. The van der Waals surface area contributed by atoms with Crippen LogP contribution in [0.1, 0.15) is 10.4 Å². The van der Waals surface area contributed by atoms with Gasteiger partial charge in [0.05, 0.1) is 15.6 Å². The summed E-state index contributed by atoms with van der Waals surface area (Å²) in [6.07, 6.45) is 0. The van der Waals surface area contributed by atoms with Crippen LogP contribution in [0.25, 0.3) is 0 Å². The summed E-state index contributed by atoms with van der Waals surface area (Å²) in [4.78, 5) is 10.3. The van der Waals surface area contributed by atoms with Gasteiger partial charge in [-0.1, -0.05) is 23.2 Å². The van der Waals surface area contributed by atoms with Crippen LogP contribution in [-0.2, 0) is 0 Å². The van der Waals surface area contributed by atoms with Crippen LogP contribution in [0.4, 0.5) is 26.3 Å². The zero-order chi connectivity index (χ0) is 17.9. The van der Waals surface area contributed by atoms with Crippen molar-refractivity contribution in [1.82, 2.24) is 0 Å². The Morgan fingerprint density at radius 1 is 0.826 bits per heavy atom. The van der Waals surface area contributed by atoms with Crippen molar-refractivity contribution in [3.8, 4) is 0 Å². The minimum atomic E-state index is -1.78. The number of halogens is 8. The highest BCUT2D eigenvalue weighted by atomic mass is 35.5. The number of carbonyl (C=O) groups is 1. The number of carboxylic acid groups (broad SMARTS) is 1. The first kappa shape index (κ1) is 19.1. The van der Waals surface area contributed by atoms with E-state index in [9.17, 15) is 31.1 Å². The molecule has 0 radical (unpaired) electrons. The zero-order valence-corrected chi connectivity index (χ0v) is 12.1. The van der Waals surface area contributed by atoms with Crippen LogP contribution < -0.4 is 0 Å². The summed E-state index contributed by atoms with van der Waals surface area (Å²) in [5.41, 5.74) is -0.807. The van der Waals surface area contributed by atoms with E-state index < -0.39 is 56.5 Å². The number of aromatic carboxylic acids is 1. The Morgan fingerprint density at radius 2 is 1.35 bits per heavy atom. The van der Waals surface area contributed by atoms with E-state index in [1.807, 2.05) is 0 Å². The van der Waals surface area contributed by atoms with Crippen molar-refractivity contribution in [1.29, 1.82) is 0 Å². The molecule has 124 valence electrons. The molecule has 0 amide bonds. The van der Waals surface area contributed by atoms with Crippen molar-refractivity contribution >= 4 is 29.2 Å². The first-order valence-corrected chi connectivity index (χ1v) is 6.18. The van der Waals surface area contributed by atoms with Crippen molar-refractivity contribution in [3.63, 3.8) is 0 Å². The molecule has 23 heavy (non-hydrogen) atoms. The molecule has 2 aromatic rings. The van der Waals surface area contributed by atoms with Crippen LogP contribution in [0.2, 0.25) is 10.0 Å². The molecular weight excluding hydrogens is 373 g/mol. The minimum absolute atomic E-state index is 0.322. The van der Waals surface area contributed by atoms with E-state index in [0.717, 1.165) is 12.1 Å². The van der Waals surface area contributed by atoms with Crippen LogP contribution in [0, 0.1) is 34.9 Å². The van der Waals surface area contributed by atoms with Crippen molar-refractivity contribution in [2.45, 2.75) is 0 Å². The smallest absolute Gasteiger partial charge is 0.337 e. The normalized spacial score (nSPS) is 10.1. The fourth-order valence-electron chi connectivity index (χ4n) is 1.23. The van der Waals surface area contributed by atoms with E-state index in [4.69, 9.17) is 28.3 Å². The Labute approximate surface area is 134 Å². The predicted octanol–water partition coefficient (Wildman–Crippen LogP) is 5.21. The number of hydrogen-bond acceptors (Lipinski definition) is 1. The molecule has 0 aliphatic rings. The molecule has 10 heteroatoms. The van der Waals surface area contributed by atoms with Crippen LogP contribution >= 0.6 is 23.2 Å². The molecular formula is C13H4Cl2F6O2. The van der Waals surface area contributed by atoms with Gasteiger partial charge >= 0.3 is 5.97 Å². The standard InChI is InChI=1S/C7H2ClF3O2.C6H2ClF3/c8-4-2(7(12)13)1-3(9)5(10)6(4)11;7-3-1-2-4(8)6(10)5(3)9/h1H,(H,12,13);1-2H. The summed E-state index contributed by atoms with van der Waals surface area (Å²) in [5, 5.41) is 7.01. The molecule has 1 N–H and O–H groups in total. The topological polar surface area (TPSA) is 37.3 Å². The second-order valence-electron chi connectivity index (χ2n) is 3.81. The SMILES string of the molecule is Fc1ccc(Cl)c(F)c1F.O=C(O)c1cc(F)c(F)c(F)c1Cl. The van der Waals surface area contributed by atoms with Crippen molar-refractivity contribution in [2.75, 3.05) is 0 Å². The molecule has 0 spiro atoms. The molecule has 0 bridgehead atoms. The fourth-order valence-corrected chi connectivity index (χ4v) is 1.60. The van der Waals surface area contributed by atoms with Gasteiger partial charge in [-0.05, 0) is 18.2 Å². The van der Waals surface area contributed by atoms with Gasteiger partial charge in [0.2, 0.25) is 0 Å². The third kappa shape index (κ3) is 4.29. The summed E-state index contributed by atoms with van der Waals surface area (Å²) in [5.74, 6) is -10.8. The fraction of sp³-hybridized carbons (Fsp3) is 0. The third-order valence-electron chi connectivity index (χ3n) is 2.32. The van der Waals surface area contributed by atoms with E-state index in [2.05, 4.69) is 0 Å². The molecule has 2 rings (SSSR count). The molecule has 0 atom stereocenters. The average Bonchev–Trinajstić information content (AvgIpc) is 2.51. The molecule has 0 heterocycles. The van der Waals surface area contributed by atoms with E-state index in [-0.39, 0.29) is 0 Å². The largest absolute Gasteiger partial charge is 0.478 e. The lowest BCUT2D eigenvalue weighted by Crippen LogP contribution is -2.03. The summed E-state index contributed by atoms with van der Waals surface area (Å²) in [6.45, 7) is 0. The Kier molecular flexibility index (Phi) is 6.28. The molecule has 2 nitrogen and oxygen atoms in total. The molecule has 0 aromatic heterocycles. The number of rotatable bonds is 1. The van der Waals surface area contributed by atoms with Gasteiger partial charge in [0.25, 0.3) is 0 Å². The van der Waals surface area contributed by atoms with E-state index in [1.54, 1.807) is 0 Å². The molecule has 0 unspecified atom stereocenters. The number of carboxylic acids is 1. The average molecular weight is 377 g/mol. The van der Waals surface area contributed by atoms with Crippen LogP contribution in [-0.4, -0.2) is 11.1 Å². The van der Waals surface area contributed by atoms with Gasteiger partial charge in [0, 0.05) is 0 Å². The van der Waals surface area contributed by atoms with E-state index in [0.29, 0.717) is 6.07 Å². The molecule has 0 aliphatic heterocycles. The van der Waals surface area contributed by atoms with Gasteiger partial charge in [-0.2, -0.15) is 0 Å². The van der Waals surface area contributed by atoms with Crippen LogP contribution in [0.3, 0.4) is 0 Å². The van der Waals surface area contributed by atoms with E-state index >= 15 is 0 Å². The second-order valence-corrected chi connectivity index (χ2v) is 4.60. The Hall–Kier alpha value is -1.93. The monoisotopic (exact) mass is 376 g/mol. The summed E-state index contributed by atoms with van der Waals surface area (Å²) < 4.78 is 73.9. The number of benzene rings is 2. The summed E-state index contributed by atoms with van der Waals surface area (Å²) >= 11 is 10.2. The molecule has 0 saturated heterocycles. The molecule has 2 aromatic carbocycles. The molecule has 0 fully saturated rings. The first-order chi connectivity index (χ1) is 10.6. The van der Waals surface area contributed by atoms with Gasteiger partial charge < -0.3 is 5.11 Å². The highest BCUT2D eigenvalue weighted by Gasteiger charge is 2.20. The minimum Gasteiger partial charge on any atom is -0.478 e. The van der Waals surface area contributed by atoms with Crippen molar-refractivity contribution in [3.05, 3.63) is 68.7 Å². The van der Waals surface area contributed by atoms with Crippen molar-refractivity contribution < 1.29 is 36.2 Å². The zero-order valence-electron chi connectivity index (χ0n) is 10.6. The highest BCUT2D eigenvalue weighted by Crippen LogP contribution is 2.24. The van der Waals surface area contributed by atoms with Gasteiger partial charge in [0.1, 0.15) is 0 Å². The summed E-state index contributed by atoms with van der Waals surface area (Å²) in [7, 11) is 0. The summed E-state index contributed by atoms with van der Waals surface area (Å²) in [6, 6.07) is 2.04. The Bertz CT molecular complexity index is 740. The maximum atomic E-state index is 12.6. The highest BCUT2D eigenvalue weighted by molar-refractivity contribution is 6.33. The lowest BCUT2D eigenvalue weighted by molar-refractivity contribution is 0.0695. The van der Waals surface area contributed by atoms with Gasteiger partial charge in [-0.15, -0.1) is 0 Å². The van der Waals surface area contributed by atoms with E-state index in [1.165, 1.54) is 0 Å². The molecule has 0 saturated carbocycles. The van der Waals surface area contributed by atoms with Crippen molar-refractivity contribution in [2.24, 2.45) is 0 Å². The van der Waals surface area contributed by atoms with Gasteiger partial charge in [0.15, 0.2) is 34.9 Å². The molecule has 0 aliphatic carbocycles. The quantitative estimate of drug-likeness (QED) is 0.421. The first-order valence-electron chi connectivity index (χ1n) is 5.43. The van der Waals surface area contributed by atoms with Crippen LogP contribution in [0.5, 0.6) is 0 Å². The number of hydrogen-bond donors (Lipinski definition) is 1. The maximum absolute atomic E-state index is 12.6. The second kappa shape index (κ2) is 7.56. The van der Waals surface area contributed by atoms with Crippen LogP contribution in [0.15, 0.2) is 18.2 Å². The van der Waals surface area contributed by atoms with Gasteiger partial charge in [-0.25, -0.2) is 31.1 Å². The third-order valence-corrected chi connectivity index (χ3v) is 2.98. The van der Waals surface area contributed by atoms with Gasteiger partial charge in [-0.3, -0.25) is 0 Å². The Morgan fingerprint density at radius 3 is 1.83 bits per heavy atom. The Balaban J connectivity index is 0.000000238.